The van der Waals surface area contributed by atoms with Crippen LogP contribution < -0.4 is 15.5 Å². The van der Waals surface area contributed by atoms with Gasteiger partial charge in [-0.05, 0) is 44.2 Å². The molecule has 0 saturated carbocycles. The molecule has 3 aromatic rings. The van der Waals surface area contributed by atoms with E-state index in [4.69, 9.17) is 9.52 Å². The topological polar surface area (TPSA) is 121 Å². The van der Waals surface area contributed by atoms with Gasteiger partial charge in [0.2, 0.25) is 11.7 Å². The highest BCUT2D eigenvalue weighted by Gasteiger charge is 2.42. The van der Waals surface area contributed by atoms with E-state index in [1.54, 1.807) is 42.5 Å². The van der Waals surface area contributed by atoms with Gasteiger partial charge in [-0.15, -0.1) is 0 Å². The minimum atomic E-state index is -4.87. The first-order chi connectivity index (χ1) is 18.3. The zero-order valence-electron chi connectivity index (χ0n) is 20.9. The van der Waals surface area contributed by atoms with Crippen LogP contribution in [-0.2, 0) is 11.0 Å². The van der Waals surface area contributed by atoms with E-state index in [2.05, 4.69) is 25.5 Å². The number of amides is 1. The van der Waals surface area contributed by atoms with E-state index in [0.717, 1.165) is 31.7 Å². The van der Waals surface area contributed by atoms with Gasteiger partial charge >= 0.3 is 18.1 Å². The van der Waals surface area contributed by atoms with Crippen molar-refractivity contribution < 1.29 is 41.1 Å². The van der Waals surface area contributed by atoms with Crippen LogP contribution in [0.15, 0.2) is 53.1 Å². The Balaban J connectivity index is 0.000000532. The van der Waals surface area contributed by atoms with Crippen LogP contribution in [0.25, 0.3) is 11.5 Å². The number of alkyl halides is 5. The number of anilines is 2. The Morgan fingerprint density at radius 1 is 1.05 bits per heavy atom. The number of piperidine rings is 1. The van der Waals surface area contributed by atoms with Gasteiger partial charge in [0, 0.05) is 31.6 Å². The van der Waals surface area contributed by atoms with Crippen molar-refractivity contribution in [3.05, 3.63) is 60.1 Å². The number of halogens is 5. The quantitative estimate of drug-likeness (QED) is 0.367. The van der Waals surface area contributed by atoms with Crippen LogP contribution in [0.3, 0.4) is 0 Å². The number of rotatable bonds is 6. The SMILES string of the molecule is CC(F)(F)C(=O)O.CNC1CCN(c2ccc(NC(=O)c3nc(-c4ccccc4)oc3C(F)(F)F)cn2)CC1. The van der Waals surface area contributed by atoms with Crippen molar-refractivity contribution in [1.82, 2.24) is 15.3 Å². The molecule has 0 unspecified atom stereocenters. The molecule has 3 heterocycles. The smallest absolute Gasteiger partial charge is 0.452 e. The van der Waals surface area contributed by atoms with E-state index in [9.17, 15) is 31.5 Å². The number of carboxylic acids is 1. The van der Waals surface area contributed by atoms with Gasteiger partial charge in [0.15, 0.2) is 5.69 Å². The lowest BCUT2D eigenvalue weighted by Gasteiger charge is -2.32. The van der Waals surface area contributed by atoms with Gasteiger partial charge in [0.25, 0.3) is 5.91 Å². The van der Waals surface area contributed by atoms with Crippen LogP contribution in [0.4, 0.5) is 33.5 Å². The summed E-state index contributed by atoms with van der Waals surface area (Å²) < 4.78 is 67.8. The molecule has 3 N–H and O–H groups in total. The fourth-order valence-electron chi connectivity index (χ4n) is 3.60. The summed E-state index contributed by atoms with van der Waals surface area (Å²) in [7, 11) is 1.94. The Morgan fingerprint density at radius 3 is 2.15 bits per heavy atom. The van der Waals surface area contributed by atoms with Gasteiger partial charge in [-0.2, -0.15) is 22.0 Å². The van der Waals surface area contributed by atoms with E-state index in [0.29, 0.717) is 18.5 Å². The maximum atomic E-state index is 13.5. The van der Waals surface area contributed by atoms with Crippen molar-refractivity contribution in [2.24, 2.45) is 0 Å². The first-order valence-electron chi connectivity index (χ1n) is 11.7. The second kappa shape index (κ2) is 12.2. The summed E-state index contributed by atoms with van der Waals surface area (Å²) in [5.74, 6) is -7.66. The molecule has 210 valence electrons. The number of hydrogen-bond donors (Lipinski definition) is 3. The van der Waals surface area contributed by atoms with Crippen molar-refractivity contribution in [3.8, 4) is 11.5 Å². The van der Waals surface area contributed by atoms with E-state index >= 15 is 0 Å². The summed E-state index contributed by atoms with van der Waals surface area (Å²) in [6.07, 6.45) is -1.46. The lowest BCUT2D eigenvalue weighted by molar-refractivity contribution is -0.162. The van der Waals surface area contributed by atoms with E-state index < -0.39 is 35.4 Å². The second-order valence-corrected chi connectivity index (χ2v) is 8.66. The molecule has 1 amide bonds. The number of pyridine rings is 1. The van der Waals surface area contributed by atoms with Crippen molar-refractivity contribution in [3.63, 3.8) is 0 Å². The highest BCUT2D eigenvalue weighted by Crippen LogP contribution is 2.35. The number of nitrogens with zero attached hydrogens (tertiary/aromatic N) is 3. The largest absolute Gasteiger partial charge is 0.477 e. The van der Waals surface area contributed by atoms with Gasteiger partial charge < -0.3 is 25.1 Å². The molecule has 4 rings (SSSR count). The van der Waals surface area contributed by atoms with Crippen LogP contribution >= 0.6 is 0 Å². The number of aromatic nitrogens is 2. The molecule has 39 heavy (non-hydrogen) atoms. The molecule has 0 atom stereocenters. The van der Waals surface area contributed by atoms with Crippen molar-refractivity contribution >= 4 is 23.4 Å². The fourth-order valence-corrected chi connectivity index (χ4v) is 3.60. The third-order valence-electron chi connectivity index (χ3n) is 5.73. The minimum absolute atomic E-state index is 0.265. The Labute approximate surface area is 220 Å². The van der Waals surface area contributed by atoms with E-state index in [-0.39, 0.29) is 11.6 Å². The monoisotopic (exact) mass is 555 g/mol. The molecule has 9 nitrogen and oxygen atoms in total. The maximum Gasteiger partial charge on any atom is 0.452 e. The number of carbonyl (C=O) groups is 2. The van der Waals surface area contributed by atoms with E-state index in [1.165, 1.54) is 6.20 Å². The molecule has 0 bridgehead atoms. The summed E-state index contributed by atoms with van der Waals surface area (Å²) in [6, 6.07) is 11.9. The molecule has 0 radical (unpaired) electrons. The van der Waals surface area contributed by atoms with Crippen LogP contribution in [0.2, 0.25) is 0 Å². The van der Waals surface area contributed by atoms with Crippen molar-refractivity contribution in [1.29, 1.82) is 0 Å². The number of hydrogen-bond acceptors (Lipinski definition) is 7. The number of nitrogens with one attached hydrogen (secondary N) is 2. The molecular formula is C25H26F5N5O4. The molecule has 1 aliphatic heterocycles. The number of aliphatic carboxylic acids is 1. The third kappa shape index (κ3) is 7.96. The molecule has 1 aromatic carbocycles. The summed E-state index contributed by atoms with van der Waals surface area (Å²) in [5, 5.41) is 13.2. The minimum Gasteiger partial charge on any atom is -0.477 e. The predicted molar refractivity (Wildman–Crippen MR) is 132 cm³/mol. The number of carbonyl (C=O) groups excluding carboxylic acids is 1. The summed E-state index contributed by atoms with van der Waals surface area (Å²) in [5.41, 5.74) is -0.221. The zero-order valence-corrected chi connectivity index (χ0v) is 20.9. The number of benzene rings is 1. The van der Waals surface area contributed by atoms with Gasteiger partial charge in [0.1, 0.15) is 5.82 Å². The maximum absolute atomic E-state index is 13.5. The number of oxazole rings is 1. The third-order valence-corrected chi connectivity index (χ3v) is 5.73. The number of carboxylic acid groups (broad SMARTS) is 1. The predicted octanol–water partition coefficient (Wildman–Crippen LogP) is 4.92. The van der Waals surface area contributed by atoms with Gasteiger partial charge in [-0.3, -0.25) is 4.79 Å². The van der Waals surface area contributed by atoms with Crippen LogP contribution in [0.1, 0.15) is 36.0 Å². The van der Waals surface area contributed by atoms with E-state index in [1.807, 2.05) is 7.05 Å². The Bertz CT molecular complexity index is 1250. The average Bonchev–Trinajstić information content (AvgIpc) is 3.36. The second-order valence-electron chi connectivity index (χ2n) is 8.66. The van der Waals surface area contributed by atoms with Crippen molar-refractivity contribution in [2.45, 2.75) is 37.9 Å². The fraction of sp³-hybridized carbons (Fsp3) is 0.360. The highest BCUT2D eigenvalue weighted by atomic mass is 19.4. The first-order valence-corrected chi connectivity index (χ1v) is 11.7. The summed E-state index contributed by atoms with van der Waals surface area (Å²) in [4.78, 5) is 32.2. The van der Waals surface area contributed by atoms with Gasteiger partial charge in [0.05, 0.1) is 11.9 Å². The molecular weight excluding hydrogens is 529 g/mol. The molecule has 0 spiro atoms. The molecule has 0 aliphatic carbocycles. The van der Waals surface area contributed by atoms with Crippen molar-refractivity contribution in [2.75, 3.05) is 30.4 Å². The molecule has 1 aliphatic rings. The van der Waals surface area contributed by atoms with Crippen LogP contribution in [0, 0.1) is 0 Å². The normalized spacial score (nSPS) is 14.4. The lowest BCUT2D eigenvalue weighted by Crippen LogP contribution is -2.41. The molecule has 14 heteroatoms. The highest BCUT2D eigenvalue weighted by molar-refractivity contribution is 6.04. The Kier molecular flexibility index (Phi) is 9.22. The molecule has 1 fully saturated rings. The Hall–Kier alpha value is -4.07. The molecule has 2 aromatic heterocycles. The summed E-state index contributed by atoms with van der Waals surface area (Å²) in [6.45, 7) is 2.02. The zero-order chi connectivity index (χ0) is 28.8. The van der Waals surface area contributed by atoms with Gasteiger partial charge in [-0.25, -0.2) is 14.8 Å². The average molecular weight is 556 g/mol. The Morgan fingerprint density at radius 2 is 1.67 bits per heavy atom. The first kappa shape index (κ1) is 29.5. The van der Waals surface area contributed by atoms with Gasteiger partial charge in [-0.1, -0.05) is 18.2 Å². The summed E-state index contributed by atoms with van der Waals surface area (Å²) >= 11 is 0. The standard InChI is InChI=1S/C22H22F3N5O2.C3H4F2O2/c1-26-15-9-11-30(12-10-15)17-8-7-16(13-27-17)28-20(31)18-19(22(23,24)25)32-21(29-18)14-5-3-2-4-6-14;1-3(4,5)2(6)7/h2-8,13,15,26H,9-12H2,1H3,(H,28,31);1H3,(H,6,7). The lowest BCUT2D eigenvalue weighted by atomic mass is 10.1. The van der Waals surface area contributed by atoms with Crippen LogP contribution in [-0.4, -0.2) is 59.1 Å². The molecule has 1 saturated heterocycles. The van der Waals surface area contributed by atoms with Crippen LogP contribution in [0.5, 0.6) is 0 Å².